The minimum atomic E-state index is -0.00944. The highest BCUT2D eigenvalue weighted by Gasteiger charge is 2.21. The van der Waals surface area contributed by atoms with Crippen molar-refractivity contribution in [3.8, 4) is 6.19 Å². The molecule has 0 bridgehead atoms. The Morgan fingerprint density at radius 1 is 0.900 bits per heavy atom. The van der Waals surface area contributed by atoms with Crippen LogP contribution in [0.4, 0.5) is 0 Å². The van der Waals surface area contributed by atoms with Gasteiger partial charge in [-0.1, -0.05) is 74.5 Å². The zero-order valence-corrected chi connectivity index (χ0v) is 12.0. The molecule has 0 fully saturated rings. The minimum Gasteiger partial charge on any atom is -0.298 e. The van der Waals surface area contributed by atoms with Crippen molar-refractivity contribution in [2.45, 2.75) is 19.9 Å². The zero-order valence-electron chi connectivity index (χ0n) is 12.0. The summed E-state index contributed by atoms with van der Waals surface area (Å²) in [6.45, 7) is 5.03. The van der Waals surface area contributed by atoms with Crippen LogP contribution in [0.5, 0.6) is 0 Å². The Labute approximate surface area is 121 Å². The molecule has 0 amide bonds. The Balaban J connectivity index is 2.42. The van der Waals surface area contributed by atoms with E-state index in [1.54, 1.807) is 0 Å². The van der Waals surface area contributed by atoms with Gasteiger partial charge < -0.3 is 0 Å². The molecule has 2 nitrogen and oxygen atoms in total. The van der Waals surface area contributed by atoms with Gasteiger partial charge in [0.05, 0.1) is 6.04 Å². The summed E-state index contributed by atoms with van der Waals surface area (Å²) in [5, 5.41) is 9.54. The zero-order chi connectivity index (χ0) is 14.4. The molecule has 2 aromatic rings. The van der Waals surface area contributed by atoms with Crippen LogP contribution in [-0.2, 0) is 0 Å². The van der Waals surface area contributed by atoms with Crippen LogP contribution in [0.1, 0.15) is 31.0 Å². The van der Waals surface area contributed by atoms with Crippen LogP contribution in [-0.4, -0.2) is 11.4 Å². The van der Waals surface area contributed by atoms with E-state index in [2.05, 4.69) is 44.3 Å². The summed E-state index contributed by atoms with van der Waals surface area (Å²) < 4.78 is 0. The van der Waals surface area contributed by atoms with Crippen LogP contribution in [0.2, 0.25) is 0 Å². The predicted molar refractivity (Wildman–Crippen MR) is 81.9 cm³/mol. The van der Waals surface area contributed by atoms with Crippen molar-refractivity contribution in [3.05, 3.63) is 71.8 Å². The van der Waals surface area contributed by atoms with Gasteiger partial charge in [0.25, 0.3) is 0 Å². The van der Waals surface area contributed by atoms with Crippen LogP contribution in [0.15, 0.2) is 60.7 Å². The molecule has 0 aliphatic rings. The van der Waals surface area contributed by atoms with Crippen LogP contribution < -0.4 is 0 Å². The van der Waals surface area contributed by atoms with E-state index in [9.17, 15) is 5.26 Å². The number of benzene rings is 2. The van der Waals surface area contributed by atoms with Crippen molar-refractivity contribution in [2.24, 2.45) is 5.92 Å². The van der Waals surface area contributed by atoms with E-state index < -0.39 is 0 Å². The standard InChI is InChI=1S/C18H20N2/c1-15(2)13-20(14-19)18(16-9-5-3-6-10-16)17-11-7-4-8-12-17/h3-12,15,18H,13H2,1-2H3. The van der Waals surface area contributed by atoms with Gasteiger partial charge in [-0.2, -0.15) is 5.26 Å². The molecule has 20 heavy (non-hydrogen) atoms. The summed E-state index contributed by atoms with van der Waals surface area (Å²) in [6.07, 6.45) is 2.36. The first-order chi connectivity index (χ1) is 9.72. The van der Waals surface area contributed by atoms with Gasteiger partial charge in [-0.05, 0) is 17.0 Å². The van der Waals surface area contributed by atoms with Crippen LogP contribution in [0.25, 0.3) is 0 Å². The van der Waals surface area contributed by atoms with Gasteiger partial charge >= 0.3 is 0 Å². The van der Waals surface area contributed by atoms with E-state index in [-0.39, 0.29) is 6.04 Å². The van der Waals surface area contributed by atoms with E-state index in [1.807, 2.05) is 41.3 Å². The fourth-order valence-corrected chi connectivity index (χ4v) is 2.42. The predicted octanol–water partition coefficient (Wildman–Crippen LogP) is 4.22. The summed E-state index contributed by atoms with van der Waals surface area (Å²) in [5.74, 6) is 0.449. The summed E-state index contributed by atoms with van der Waals surface area (Å²) in [5.41, 5.74) is 2.31. The largest absolute Gasteiger partial charge is 0.298 e. The maximum atomic E-state index is 9.54. The number of hydrogen-bond acceptors (Lipinski definition) is 2. The van der Waals surface area contributed by atoms with E-state index in [0.717, 1.165) is 17.7 Å². The Morgan fingerprint density at radius 2 is 1.35 bits per heavy atom. The Hall–Kier alpha value is -2.27. The summed E-state index contributed by atoms with van der Waals surface area (Å²) >= 11 is 0. The Bertz CT molecular complexity index is 515. The quantitative estimate of drug-likeness (QED) is 0.597. The van der Waals surface area contributed by atoms with Gasteiger partial charge in [-0.25, -0.2) is 0 Å². The third kappa shape index (κ3) is 3.39. The van der Waals surface area contributed by atoms with E-state index >= 15 is 0 Å². The molecule has 102 valence electrons. The second kappa shape index (κ2) is 6.77. The molecule has 0 N–H and O–H groups in total. The molecular weight excluding hydrogens is 244 g/mol. The molecule has 0 aromatic heterocycles. The molecule has 0 saturated carbocycles. The van der Waals surface area contributed by atoms with Gasteiger partial charge in [-0.15, -0.1) is 0 Å². The number of nitrogens with zero attached hydrogens (tertiary/aromatic N) is 2. The Morgan fingerprint density at radius 3 is 1.70 bits per heavy atom. The van der Waals surface area contributed by atoms with Crippen molar-refractivity contribution >= 4 is 0 Å². The number of hydrogen-bond donors (Lipinski definition) is 0. The van der Waals surface area contributed by atoms with Crippen molar-refractivity contribution in [1.29, 1.82) is 5.26 Å². The van der Waals surface area contributed by atoms with E-state index in [1.165, 1.54) is 0 Å². The number of nitriles is 1. The Kier molecular flexibility index (Phi) is 4.79. The highest BCUT2D eigenvalue weighted by atomic mass is 15.1. The molecule has 2 rings (SSSR count). The minimum absolute atomic E-state index is 0.00944. The third-order valence-electron chi connectivity index (χ3n) is 3.23. The molecule has 0 aliphatic heterocycles. The van der Waals surface area contributed by atoms with Crippen molar-refractivity contribution in [3.63, 3.8) is 0 Å². The maximum absolute atomic E-state index is 9.54. The first-order valence-corrected chi connectivity index (χ1v) is 6.98. The van der Waals surface area contributed by atoms with Crippen molar-refractivity contribution in [2.75, 3.05) is 6.54 Å². The molecule has 2 heteroatoms. The first kappa shape index (κ1) is 14.1. The fraction of sp³-hybridized carbons (Fsp3) is 0.278. The molecule has 2 aromatic carbocycles. The van der Waals surface area contributed by atoms with Crippen LogP contribution in [0.3, 0.4) is 0 Å². The summed E-state index contributed by atoms with van der Waals surface area (Å²) in [6, 6.07) is 20.4. The summed E-state index contributed by atoms with van der Waals surface area (Å²) in [4.78, 5) is 1.87. The lowest BCUT2D eigenvalue weighted by atomic mass is 9.96. The molecule has 0 spiro atoms. The monoisotopic (exact) mass is 264 g/mol. The van der Waals surface area contributed by atoms with Gasteiger partial charge in [0.2, 0.25) is 0 Å². The van der Waals surface area contributed by atoms with Gasteiger partial charge in [0.15, 0.2) is 6.19 Å². The maximum Gasteiger partial charge on any atom is 0.180 e. The lowest BCUT2D eigenvalue weighted by Crippen LogP contribution is -2.28. The smallest absolute Gasteiger partial charge is 0.180 e. The molecule has 0 saturated heterocycles. The lowest BCUT2D eigenvalue weighted by molar-refractivity contribution is 0.295. The normalized spacial score (nSPS) is 10.6. The van der Waals surface area contributed by atoms with Crippen LogP contribution >= 0.6 is 0 Å². The molecule has 0 heterocycles. The van der Waals surface area contributed by atoms with Gasteiger partial charge in [0, 0.05) is 6.54 Å². The molecule has 0 aliphatic carbocycles. The van der Waals surface area contributed by atoms with E-state index in [4.69, 9.17) is 0 Å². The van der Waals surface area contributed by atoms with Crippen LogP contribution in [0, 0.1) is 17.4 Å². The highest BCUT2D eigenvalue weighted by Crippen LogP contribution is 2.28. The molecule has 0 radical (unpaired) electrons. The molecular formula is C18H20N2. The average Bonchev–Trinajstić information content (AvgIpc) is 2.48. The molecule has 0 atom stereocenters. The fourth-order valence-electron chi connectivity index (χ4n) is 2.42. The van der Waals surface area contributed by atoms with Crippen molar-refractivity contribution < 1.29 is 0 Å². The second-order valence-electron chi connectivity index (χ2n) is 5.37. The number of rotatable bonds is 5. The highest BCUT2D eigenvalue weighted by molar-refractivity contribution is 5.32. The first-order valence-electron chi connectivity index (χ1n) is 6.98. The van der Waals surface area contributed by atoms with E-state index in [0.29, 0.717) is 5.92 Å². The van der Waals surface area contributed by atoms with Crippen molar-refractivity contribution in [1.82, 2.24) is 4.90 Å². The lowest BCUT2D eigenvalue weighted by Gasteiger charge is -2.29. The molecule has 0 unspecified atom stereocenters. The SMILES string of the molecule is CC(C)CN(C#N)C(c1ccccc1)c1ccccc1. The second-order valence-corrected chi connectivity index (χ2v) is 5.37. The topological polar surface area (TPSA) is 27.0 Å². The summed E-state index contributed by atoms with van der Waals surface area (Å²) in [7, 11) is 0. The van der Waals surface area contributed by atoms with Gasteiger partial charge in [-0.3, -0.25) is 4.90 Å². The third-order valence-corrected chi connectivity index (χ3v) is 3.23. The van der Waals surface area contributed by atoms with Gasteiger partial charge in [0.1, 0.15) is 0 Å². The average molecular weight is 264 g/mol.